The predicted molar refractivity (Wildman–Crippen MR) is 524 cm³/mol. The summed E-state index contributed by atoms with van der Waals surface area (Å²) in [5.74, 6) is -4.39. The molecule has 1 unspecified atom stereocenters. The molecule has 0 amide bonds. The highest BCUT2D eigenvalue weighted by molar-refractivity contribution is 7.98. The number of hydrogen-bond donors (Lipinski definition) is 8. The number of phenolic OH excluding ortho intramolecular Hbond substituents is 3. The smallest absolute Gasteiger partial charge is 0.303 e. The van der Waals surface area contributed by atoms with E-state index < -0.39 is 169 Å². The van der Waals surface area contributed by atoms with Crippen LogP contribution in [0.2, 0.25) is 0 Å². The lowest BCUT2D eigenvalue weighted by molar-refractivity contribution is -0.212. The van der Waals surface area contributed by atoms with Crippen LogP contribution >= 0.6 is 23.5 Å². The summed E-state index contributed by atoms with van der Waals surface area (Å²) in [7, 11) is -1.27. The van der Waals surface area contributed by atoms with E-state index in [1.807, 2.05) is 69.3 Å². The zero-order chi connectivity index (χ0) is 101. The number of benzene rings is 6. The van der Waals surface area contributed by atoms with Crippen LogP contribution in [0, 0.1) is 102 Å². The van der Waals surface area contributed by atoms with Crippen molar-refractivity contribution in [3.05, 3.63) is 250 Å². The number of Topliss-reactive ketones (excluding diaryl/α,β-unsaturated/α-hetero) is 3. The molecule has 12 aliphatic carbocycles. The van der Waals surface area contributed by atoms with Gasteiger partial charge in [0.2, 0.25) is 0 Å². The van der Waals surface area contributed by atoms with Crippen LogP contribution in [0.15, 0.2) is 232 Å². The number of ether oxygens (including phenoxy) is 1. The number of halogens is 6. The molecule has 15 aliphatic rings. The highest BCUT2D eigenvalue weighted by Crippen LogP contribution is 2.79. The van der Waals surface area contributed by atoms with Crippen molar-refractivity contribution in [3.8, 4) is 17.2 Å². The van der Waals surface area contributed by atoms with Crippen LogP contribution in [-0.2, 0) is 86.0 Å². The van der Waals surface area contributed by atoms with E-state index in [2.05, 4.69) is 63.2 Å². The summed E-state index contributed by atoms with van der Waals surface area (Å²) in [4.78, 5) is 99.9. The molecule has 0 spiro atoms. The third-order valence-corrected chi connectivity index (χ3v) is 41.6. The molecule has 3 saturated heterocycles. The second-order valence-electron chi connectivity index (χ2n) is 44.7. The minimum Gasteiger partial charge on any atom is -0.508 e. The zero-order valence-electron chi connectivity index (χ0n) is 80.8. The number of esters is 1. The number of carbonyl (C=O) groups is 7. The van der Waals surface area contributed by atoms with Crippen LogP contribution in [-0.4, -0.2) is 213 Å². The van der Waals surface area contributed by atoms with E-state index >= 15 is 26.3 Å². The Hall–Kier alpha value is -9.24. The monoisotopic (exact) mass is 2010 g/mol. The topological polar surface area (TPSA) is 317 Å². The Balaban J connectivity index is 0.000000135. The van der Waals surface area contributed by atoms with Gasteiger partial charge in [-0.15, -0.1) is 23.5 Å². The maximum absolute atomic E-state index is 17.8. The van der Waals surface area contributed by atoms with E-state index in [1.165, 1.54) is 73.7 Å². The number of phenols is 3. The van der Waals surface area contributed by atoms with E-state index in [-0.39, 0.29) is 131 Å². The Kier molecular flexibility index (Phi) is 26.6. The summed E-state index contributed by atoms with van der Waals surface area (Å²) in [6.45, 7) is 14.7. The van der Waals surface area contributed by atoms with Crippen molar-refractivity contribution in [1.82, 2.24) is 14.7 Å². The van der Waals surface area contributed by atoms with Gasteiger partial charge in [-0.2, -0.15) is 0 Å². The lowest BCUT2D eigenvalue weighted by atomic mass is 9.43. The summed E-state index contributed by atoms with van der Waals surface area (Å²) in [5, 5.41) is 84.4. The van der Waals surface area contributed by atoms with Gasteiger partial charge in [0.1, 0.15) is 49.0 Å². The van der Waals surface area contributed by atoms with Gasteiger partial charge in [-0.05, 0) is 290 Å². The maximum Gasteiger partial charge on any atom is 0.303 e. The molecule has 3 aliphatic heterocycles. The van der Waals surface area contributed by atoms with Crippen molar-refractivity contribution in [2.75, 3.05) is 59.1 Å². The number of aliphatic hydroxyl groups is 5. The fourth-order valence-electron chi connectivity index (χ4n) is 31.3. The van der Waals surface area contributed by atoms with Gasteiger partial charge in [0, 0.05) is 126 Å². The Morgan fingerprint density at radius 1 is 0.408 bits per heavy atom. The van der Waals surface area contributed by atoms with Gasteiger partial charge in [0.25, 0.3) is 0 Å². The predicted octanol–water partition coefficient (Wildman–Crippen LogP) is 16.4. The molecule has 6 aromatic rings. The second-order valence-corrected chi connectivity index (χ2v) is 48.2. The van der Waals surface area contributed by atoms with Crippen molar-refractivity contribution in [3.63, 3.8) is 0 Å². The van der Waals surface area contributed by atoms with Crippen LogP contribution < -0.4 is 0 Å². The lowest BCUT2D eigenvalue weighted by Gasteiger charge is -2.63. The summed E-state index contributed by atoms with van der Waals surface area (Å²) >= 11 is 3.36. The van der Waals surface area contributed by atoms with Gasteiger partial charge < -0.3 is 45.6 Å². The molecule has 6 aromatic carbocycles. The first kappa shape index (κ1) is 101. The Bertz CT molecular complexity index is 6210. The molecule has 754 valence electrons. The molecule has 20 nitrogen and oxygen atoms in total. The third-order valence-electron chi connectivity index (χ3n) is 38.0. The van der Waals surface area contributed by atoms with Crippen LogP contribution in [0.1, 0.15) is 140 Å². The summed E-state index contributed by atoms with van der Waals surface area (Å²) in [6.07, 6.45) is 3.62. The molecule has 9 saturated carbocycles. The van der Waals surface area contributed by atoms with Gasteiger partial charge in [-0.25, -0.2) is 26.3 Å². The number of aliphatic hydroxyl groups excluding tert-OH is 5. The number of hydrogen-bond acceptors (Lipinski definition) is 22. The molecule has 29 heteroatoms. The first-order valence-corrected chi connectivity index (χ1v) is 52.9. The number of nitrogens with zero attached hydrogens (tertiary/aromatic N) is 3. The Labute approximate surface area is 834 Å². The van der Waals surface area contributed by atoms with Crippen LogP contribution in [0.4, 0.5) is 26.3 Å². The van der Waals surface area contributed by atoms with Crippen LogP contribution in [0.25, 0.3) is 0 Å². The van der Waals surface area contributed by atoms with E-state index in [0.717, 1.165) is 54.7 Å². The largest absolute Gasteiger partial charge is 0.508 e. The Morgan fingerprint density at radius 2 is 0.697 bits per heavy atom. The first-order valence-electron chi connectivity index (χ1n) is 49.6. The van der Waals surface area contributed by atoms with Crippen molar-refractivity contribution < 1.29 is 110 Å². The fourth-order valence-corrected chi connectivity index (χ4v) is 34.1. The van der Waals surface area contributed by atoms with Gasteiger partial charge in [0.05, 0.1) is 51.1 Å². The molecule has 8 N–H and O–H groups in total. The van der Waals surface area contributed by atoms with Gasteiger partial charge in [0.15, 0.2) is 58.3 Å². The molecule has 0 aromatic heterocycles. The number of fused-ring (bicyclic) bond motifs is 21. The number of ketones is 6. The standard InChI is InChI=1S/C39H43F2NO6S.C37H41F2NO6S.C37H41F2NO5S/c1-23(43)48-20-35(47)38-22-42(18-24-4-6-25(7-5-24)21-49-29-10-8-27(44)9-11-29)19-26(38)14-30-31-16-33(40)32-15-28(45)12-13-36(32,2)39(31,41)34(46)17-37(30,38)3;1-34-12-11-26(43)14-30(34)31(38)15-29-28-13-24-18-40(21-36(24,33(45)19-41)35(28,2)16-32(44)37(29,34)39)17-22-3-5-23(6-4-22)20-47(46)27-9-7-25(42)8-10-27;1-34-12-11-26(43)14-30(34)31(38)15-29-28-13-24-18-40(21-36(24,33(45)19-41)35(28,2)16-32(44)37(29,34)39)17-22-3-5-23(6-4-22)20-46-27-9-7-25(42)8-10-27/h4-13,15,26,30-31,33-34,44,46H,14,16-22H2,1-3H3;3-12,14,24,28-29,31-32,41-42,44H,13,15-21H2,1-2H3;3-12,14,24,28-29,31-32,41-42,44H,13,15-21H2,1-2H3/t26-,30-,31-,33-,34-,36-,37-,38+,39-;24-,28-,29-,31-,32-,34-,35-,36+,37-,47?;24-,28-,29-,31-,32-,34-,35-,36+,37-/m000/s1. The summed E-state index contributed by atoms with van der Waals surface area (Å²) < 4.78 is 119. The van der Waals surface area contributed by atoms with Crippen molar-refractivity contribution in [2.45, 2.75) is 212 Å². The molecule has 0 radical (unpaired) electrons. The van der Waals surface area contributed by atoms with E-state index in [4.69, 9.17) is 4.74 Å². The van der Waals surface area contributed by atoms with E-state index in [0.29, 0.717) is 88.8 Å². The molecular formula is C113H125F6N3O17S3. The molecule has 21 rings (SSSR count). The van der Waals surface area contributed by atoms with Crippen molar-refractivity contribution >= 4 is 75.0 Å². The van der Waals surface area contributed by atoms with Crippen molar-refractivity contribution in [1.29, 1.82) is 0 Å². The average molecular weight is 2010 g/mol. The number of alkyl halides is 6. The minimum atomic E-state index is -2.22. The first-order chi connectivity index (χ1) is 67.3. The number of aromatic hydroxyl groups is 3. The average Bonchev–Trinajstić information content (AvgIpc) is 1.50. The highest BCUT2D eigenvalue weighted by Gasteiger charge is 2.83. The van der Waals surface area contributed by atoms with Crippen LogP contribution in [0.3, 0.4) is 0 Å². The molecular weight excluding hydrogens is 1880 g/mol. The third kappa shape index (κ3) is 15.9. The number of allylic oxidation sites excluding steroid dienone is 12. The molecule has 28 atom stereocenters. The Morgan fingerprint density at radius 3 is 1.00 bits per heavy atom. The summed E-state index contributed by atoms with van der Waals surface area (Å²) in [6, 6.07) is 45.1. The van der Waals surface area contributed by atoms with Crippen molar-refractivity contribution in [2.24, 2.45) is 102 Å². The van der Waals surface area contributed by atoms with Gasteiger partial charge in [-0.3, -0.25) is 52.5 Å². The molecule has 0 bridgehead atoms. The molecule has 142 heavy (non-hydrogen) atoms. The summed E-state index contributed by atoms with van der Waals surface area (Å²) in [5.41, 5.74) is -10.1. The quantitative estimate of drug-likeness (QED) is 0.0178. The zero-order valence-corrected chi connectivity index (χ0v) is 83.2. The van der Waals surface area contributed by atoms with E-state index in [9.17, 15) is 78.6 Å². The number of likely N-dealkylation sites (tertiary alicyclic amines) is 3. The lowest BCUT2D eigenvalue weighted by Crippen LogP contribution is -2.69. The van der Waals surface area contributed by atoms with Crippen LogP contribution in [0.5, 0.6) is 17.2 Å². The normalized spacial score (nSPS) is 39.1. The number of rotatable bonds is 22. The van der Waals surface area contributed by atoms with Gasteiger partial charge >= 0.3 is 5.97 Å². The van der Waals surface area contributed by atoms with E-state index in [1.54, 1.807) is 80.7 Å². The minimum absolute atomic E-state index is 0.00414. The fraction of sp³-hybridized carbons (Fsp3) is 0.513. The number of thioether (sulfide) groups is 2. The maximum atomic E-state index is 17.8. The molecule has 12 fully saturated rings. The molecule has 3 heterocycles. The number of carbonyl (C=O) groups excluding carboxylic acids is 7. The second kappa shape index (κ2) is 37.3. The highest BCUT2D eigenvalue weighted by atomic mass is 32.2. The van der Waals surface area contributed by atoms with Gasteiger partial charge in [-0.1, -0.05) is 112 Å². The SMILES string of the molecule is CC(=O)OCC(=O)[C@@]12CN(Cc3ccc(CSc4ccc(O)cc4)cc3)C[C@@H]1C[C@H]1[C@@H]3C[C@H](F)C4=CC(=O)C=C[C@]4(C)[C@@]3(F)[C@@H](O)C[C@@]12C.C[C@]12C=CC(=O)C=C1[C@@H](F)C[C@H]1[C@@H]3C[C@H]4CN(Cc5ccc(CS(=O)c6ccc(O)cc6)cc5)C[C@@]4(C(=O)CO)[C@@]3(C)C[C@H](O)[C@@]12F.C[C@]12C=CC(=O)C=C1[C@@H](F)C[C@H]1[C@@H]3C[C@H]4CN(Cc5ccc(CSc6ccc(O)cc6)cc5)C[C@@]4(C(=O)CO)[C@@]3(C)C[C@H](O)[C@@]12F.